The Balaban J connectivity index is 0.000000847. The van der Waals surface area contributed by atoms with E-state index in [0.717, 1.165) is 38.5 Å². The lowest BCUT2D eigenvalue weighted by molar-refractivity contribution is -0.271. The number of hydrogen-bond donors (Lipinski definition) is 9. The summed E-state index contributed by atoms with van der Waals surface area (Å²) in [6.45, 7) is 0.256. The van der Waals surface area contributed by atoms with Crippen molar-refractivity contribution in [2.75, 3.05) is 39.5 Å². The van der Waals surface area contributed by atoms with E-state index in [4.69, 9.17) is 41.4 Å². The molecular formula is C33H56F2N4O15. The number of imide groups is 2. The van der Waals surface area contributed by atoms with E-state index >= 15 is 0 Å². The van der Waals surface area contributed by atoms with Gasteiger partial charge in [-0.3, -0.25) is 29.0 Å². The molecule has 0 aromatic rings. The van der Waals surface area contributed by atoms with Crippen molar-refractivity contribution in [2.45, 2.75) is 114 Å². The molecule has 0 aromatic carbocycles. The number of hydrogen-bond acceptors (Lipinski definition) is 17. The Hall–Kier alpha value is -3.35. The van der Waals surface area contributed by atoms with Crippen LogP contribution in [0.3, 0.4) is 0 Å². The summed E-state index contributed by atoms with van der Waals surface area (Å²) in [6.07, 6.45) is -3.34. The number of unbranched alkanes of at least 4 members (excludes halogenated alkanes) is 6. The molecular weight excluding hydrogens is 728 g/mol. The molecule has 9 unspecified atom stereocenters. The molecule has 0 aromatic heterocycles. The first kappa shape index (κ1) is 50.6. The van der Waals surface area contributed by atoms with E-state index in [2.05, 4.69) is 14.7 Å². The van der Waals surface area contributed by atoms with Crippen molar-refractivity contribution in [1.82, 2.24) is 9.80 Å². The molecule has 54 heavy (non-hydrogen) atoms. The first-order chi connectivity index (χ1) is 25.2. The maximum absolute atomic E-state index is 13.5. The second-order valence-electron chi connectivity index (χ2n) is 12.0. The molecule has 0 radical (unpaired) electrons. The van der Waals surface area contributed by atoms with Crippen LogP contribution in [0.5, 0.6) is 0 Å². The molecule has 3 aliphatic rings. The van der Waals surface area contributed by atoms with Crippen molar-refractivity contribution in [3.63, 3.8) is 0 Å². The number of nitrogens with two attached hydrogens (primary N) is 1. The lowest BCUT2D eigenvalue weighted by atomic mass is 10.0. The Morgan fingerprint density at radius 1 is 0.778 bits per heavy atom. The van der Waals surface area contributed by atoms with E-state index in [9.17, 15) is 38.2 Å². The summed E-state index contributed by atoms with van der Waals surface area (Å²) in [4.78, 5) is 56.6. The van der Waals surface area contributed by atoms with Crippen LogP contribution < -0.4 is 5.90 Å². The minimum atomic E-state index is -2.06. The number of rotatable bonds is 21. The van der Waals surface area contributed by atoms with Crippen LogP contribution in [0.4, 0.5) is 8.78 Å². The summed E-state index contributed by atoms with van der Waals surface area (Å²) >= 11 is 0. The molecule has 4 amide bonds. The Morgan fingerprint density at radius 3 is 1.69 bits per heavy atom. The molecule has 3 rings (SSSR count). The number of oxime groups is 1. The average molecular weight is 785 g/mol. The van der Waals surface area contributed by atoms with Gasteiger partial charge in [-0.25, -0.2) is 14.7 Å². The van der Waals surface area contributed by atoms with Gasteiger partial charge < -0.3 is 55.3 Å². The molecule has 1 fully saturated rings. The van der Waals surface area contributed by atoms with Crippen LogP contribution in [0.25, 0.3) is 0 Å². The van der Waals surface area contributed by atoms with Crippen LogP contribution in [-0.2, 0) is 33.6 Å². The summed E-state index contributed by atoms with van der Waals surface area (Å²) in [6, 6.07) is 0. The van der Waals surface area contributed by atoms with Crippen molar-refractivity contribution in [3.05, 3.63) is 24.3 Å². The van der Waals surface area contributed by atoms with Crippen molar-refractivity contribution in [2.24, 2.45) is 11.1 Å². The fourth-order valence-electron chi connectivity index (χ4n) is 4.73. The monoisotopic (exact) mass is 784 g/mol. The van der Waals surface area contributed by atoms with Crippen molar-refractivity contribution >= 4 is 29.8 Å². The van der Waals surface area contributed by atoms with Gasteiger partial charge in [0.25, 0.3) is 23.6 Å². The highest BCUT2D eigenvalue weighted by Crippen LogP contribution is 2.21. The average Bonchev–Trinajstić information content (AvgIpc) is 3.65. The molecule has 21 heteroatoms. The SMILES string of the molecule is C.NOCCCCCCN1C(=O)C=CC1=O.O=C1C=CC(=O)N1CCCCCCO/N=C/C([18F])C(O)C(O)C(O)CO.OCC1OC(O)C([18F])C(O)C1O. The van der Waals surface area contributed by atoms with Gasteiger partial charge in [0.2, 0.25) is 0 Å². The van der Waals surface area contributed by atoms with Crippen LogP contribution in [0.1, 0.15) is 58.8 Å². The number of carbonyl (C=O) groups excluding carboxylic acids is 4. The van der Waals surface area contributed by atoms with Gasteiger partial charge in [-0.2, -0.15) is 0 Å². The first-order valence-electron chi connectivity index (χ1n) is 17.0. The zero-order chi connectivity index (χ0) is 39.9. The van der Waals surface area contributed by atoms with Crippen LogP contribution in [0.2, 0.25) is 0 Å². The van der Waals surface area contributed by atoms with Gasteiger partial charge >= 0.3 is 0 Å². The highest BCUT2D eigenvalue weighted by molar-refractivity contribution is 6.13. The van der Waals surface area contributed by atoms with E-state index in [-0.39, 0.29) is 37.7 Å². The van der Waals surface area contributed by atoms with E-state index < -0.39 is 68.5 Å². The summed E-state index contributed by atoms with van der Waals surface area (Å²) in [5.41, 5.74) is 0. The van der Waals surface area contributed by atoms with Crippen LogP contribution >= 0.6 is 0 Å². The standard InChI is InChI=1S/C16H25FN2O7.C10H16N2O3.C6H11FO5.CH4/c17-11(15(24)16(25)12(21)10-20)9-18-26-8-4-2-1-3-7-19-13(22)5-6-14(19)23;11-15-8-4-2-1-3-7-12-9(13)5-6-10(12)14;7-3-5(10)4(9)2(1-8)12-6(3)11;/h5-6,9,11-12,15-16,20-21,24-25H,1-4,7-8,10H2;5-6H,1-4,7-8,11H2;2-6,8-11H,1H2;1H4/b18-9+;;;/i17-1;;7-1;. The minimum Gasteiger partial charge on any atom is -0.396 e. The van der Waals surface area contributed by atoms with Gasteiger partial charge in [-0.1, -0.05) is 31.8 Å². The quantitative estimate of drug-likeness (QED) is 0.0255. The Morgan fingerprint density at radius 2 is 1.24 bits per heavy atom. The maximum atomic E-state index is 13.5. The lowest BCUT2D eigenvalue weighted by Crippen LogP contribution is -2.56. The van der Waals surface area contributed by atoms with Crippen LogP contribution in [0, 0.1) is 0 Å². The van der Waals surface area contributed by atoms with Crippen LogP contribution in [-0.4, -0.2) is 175 Å². The number of halogens is 2. The number of aliphatic hydroxyl groups is 8. The molecule has 312 valence electrons. The van der Waals surface area contributed by atoms with Gasteiger partial charge in [-0.15, -0.1) is 0 Å². The second-order valence-corrected chi connectivity index (χ2v) is 12.0. The van der Waals surface area contributed by atoms with Gasteiger partial charge in [0.1, 0.15) is 43.2 Å². The van der Waals surface area contributed by atoms with E-state index in [1.54, 1.807) is 0 Å². The minimum absolute atomic E-state index is 0. The normalized spacial score (nSPS) is 24.5. The zero-order valence-corrected chi connectivity index (χ0v) is 29.1. The van der Waals surface area contributed by atoms with Gasteiger partial charge in [-0.05, 0) is 32.1 Å². The maximum Gasteiger partial charge on any atom is 0.253 e. The molecule has 9 atom stereocenters. The fourth-order valence-corrected chi connectivity index (χ4v) is 4.73. The second kappa shape index (κ2) is 28.1. The fraction of sp³-hybridized carbons (Fsp3) is 0.727. The number of amides is 4. The van der Waals surface area contributed by atoms with Gasteiger partial charge in [0, 0.05) is 37.4 Å². The third-order valence-corrected chi connectivity index (χ3v) is 7.92. The topological polar surface area (TPSA) is 303 Å². The molecule has 0 aliphatic carbocycles. The Bertz CT molecular complexity index is 1160. The molecule has 0 bridgehead atoms. The lowest BCUT2D eigenvalue weighted by Gasteiger charge is -2.36. The summed E-state index contributed by atoms with van der Waals surface area (Å²) in [7, 11) is 0. The third-order valence-electron chi connectivity index (χ3n) is 7.92. The Labute approximate surface area is 311 Å². The highest BCUT2D eigenvalue weighted by Gasteiger charge is 2.43. The molecule has 19 nitrogen and oxygen atoms in total. The molecule has 10 N–H and O–H groups in total. The number of nitrogens with zero attached hydrogens (tertiary/aromatic N) is 3. The smallest absolute Gasteiger partial charge is 0.253 e. The first-order valence-corrected chi connectivity index (χ1v) is 17.0. The van der Waals surface area contributed by atoms with E-state index in [1.807, 2.05) is 0 Å². The van der Waals surface area contributed by atoms with Crippen molar-refractivity contribution < 1.29 is 83.2 Å². The summed E-state index contributed by atoms with van der Waals surface area (Å²) in [5.74, 6) is 3.87. The van der Waals surface area contributed by atoms with Gasteiger partial charge in [0.05, 0.1) is 26.0 Å². The number of aliphatic hydroxyl groups excluding tert-OH is 8. The van der Waals surface area contributed by atoms with E-state index in [1.165, 1.54) is 34.1 Å². The molecule has 3 heterocycles. The molecule has 0 saturated carbocycles. The number of alkyl halides is 2. The molecule has 0 spiro atoms. The zero-order valence-electron chi connectivity index (χ0n) is 29.1. The van der Waals surface area contributed by atoms with Crippen molar-refractivity contribution in [1.29, 1.82) is 0 Å². The highest BCUT2D eigenvalue weighted by atomic mass is 18.2. The molecule has 1 saturated heterocycles. The molecule has 3 aliphatic heterocycles. The summed E-state index contributed by atoms with van der Waals surface area (Å²) in [5, 5.41) is 75.1. The predicted molar refractivity (Wildman–Crippen MR) is 185 cm³/mol. The van der Waals surface area contributed by atoms with Gasteiger partial charge in [0.15, 0.2) is 18.6 Å². The third kappa shape index (κ3) is 17.9. The van der Waals surface area contributed by atoms with E-state index in [0.29, 0.717) is 38.8 Å². The largest absolute Gasteiger partial charge is 0.396 e. The number of carbonyl (C=O) groups is 4. The Kier molecular flexibility index (Phi) is 26.4. The van der Waals surface area contributed by atoms with Crippen LogP contribution in [0.15, 0.2) is 29.5 Å². The van der Waals surface area contributed by atoms with Crippen molar-refractivity contribution in [3.8, 4) is 0 Å². The number of ether oxygens (including phenoxy) is 1. The summed E-state index contributed by atoms with van der Waals surface area (Å²) < 4.78 is 30.6. The predicted octanol–water partition coefficient (Wildman–Crippen LogP) is -2.36.